The lowest BCUT2D eigenvalue weighted by Gasteiger charge is -2.10. The van der Waals surface area contributed by atoms with Crippen LogP contribution in [-0.4, -0.2) is 0 Å². The van der Waals surface area contributed by atoms with E-state index in [1.807, 2.05) is 0 Å². The molecule has 0 bridgehead atoms. The number of benzene rings is 1. The van der Waals surface area contributed by atoms with Gasteiger partial charge in [0.15, 0.2) is 0 Å². The molecule has 0 nitrogen and oxygen atoms in total. The van der Waals surface area contributed by atoms with E-state index in [1.165, 1.54) is 6.07 Å². The highest BCUT2D eigenvalue weighted by Gasteiger charge is 2.34. The SMILES string of the molecule is Cc1cc(Br)c(Cl)c(C(F)(F)F)c1. The van der Waals surface area contributed by atoms with Crippen LogP contribution < -0.4 is 0 Å². The molecule has 0 heterocycles. The highest BCUT2D eigenvalue weighted by molar-refractivity contribution is 9.10. The van der Waals surface area contributed by atoms with E-state index < -0.39 is 11.7 Å². The highest BCUT2D eigenvalue weighted by Crippen LogP contribution is 2.38. The van der Waals surface area contributed by atoms with Crippen LogP contribution in [0.3, 0.4) is 0 Å². The molecule has 0 aromatic heterocycles. The van der Waals surface area contributed by atoms with Gasteiger partial charge in [0.2, 0.25) is 0 Å². The van der Waals surface area contributed by atoms with Crippen LogP contribution in [-0.2, 0) is 6.18 Å². The monoisotopic (exact) mass is 272 g/mol. The van der Waals surface area contributed by atoms with Crippen molar-refractivity contribution >= 4 is 27.5 Å². The largest absolute Gasteiger partial charge is 0.417 e. The van der Waals surface area contributed by atoms with Gasteiger partial charge in [-0.1, -0.05) is 11.6 Å². The summed E-state index contributed by atoms with van der Waals surface area (Å²) in [5.41, 5.74) is -0.287. The second kappa shape index (κ2) is 3.50. The molecule has 0 saturated heterocycles. The fraction of sp³-hybridized carbons (Fsp3) is 0.250. The van der Waals surface area contributed by atoms with Crippen molar-refractivity contribution in [1.82, 2.24) is 0 Å². The van der Waals surface area contributed by atoms with Crippen LogP contribution in [0.4, 0.5) is 13.2 Å². The Morgan fingerprint density at radius 3 is 2.31 bits per heavy atom. The number of rotatable bonds is 0. The first kappa shape index (κ1) is 10.9. The van der Waals surface area contributed by atoms with Crippen LogP contribution in [0.2, 0.25) is 5.02 Å². The van der Waals surface area contributed by atoms with Gasteiger partial charge >= 0.3 is 6.18 Å². The molecule has 0 aliphatic carbocycles. The summed E-state index contributed by atoms with van der Waals surface area (Å²) in [5, 5.41) is -0.293. The van der Waals surface area contributed by atoms with Crippen molar-refractivity contribution in [1.29, 1.82) is 0 Å². The van der Waals surface area contributed by atoms with E-state index >= 15 is 0 Å². The minimum atomic E-state index is -4.40. The van der Waals surface area contributed by atoms with E-state index in [0.717, 1.165) is 6.07 Å². The summed E-state index contributed by atoms with van der Waals surface area (Å²) in [6.07, 6.45) is -4.40. The molecule has 0 N–H and O–H groups in total. The van der Waals surface area contributed by atoms with E-state index in [1.54, 1.807) is 6.92 Å². The fourth-order valence-corrected chi connectivity index (χ4v) is 1.72. The molecular formula is C8H5BrClF3. The van der Waals surface area contributed by atoms with Crippen LogP contribution in [0.15, 0.2) is 16.6 Å². The topological polar surface area (TPSA) is 0 Å². The third-order valence-corrected chi connectivity index (χ3v) is 2.74. The molecule has 0 aliphatic heterocycles. The molecule has 1 aromatic rings. The smallest absolute Gasteiger partial charge is 0.166 e. The highest BCUT2D eigenvalue weighted by atomic mass is 79.9. The first-order valence-electron chi connectivity index (χ1n) is 3.35. The molecule has 0 unspecified atom stereocenters. The number of hydrogen-bond donors (Lipinski definition) is 0. The summed E-state index contributed by atoms with van der Waals surface area (Å²) in [5.74, 6) is 0. The van der Waals surface area contributed by atoms with E-state index in [9.17, 15) is 13.2 Å². The van der Waals surface area contributed by atoms with E-state index in [-0.39, 0.29) is 9.50 Å². The standard InChI is InChI=1S/C8H5BrClF3/c1-4-2-5(8(11,12)13)7(10)6(9)3-4/h2-3H,1H3. The van der Waals surface area contributed by atoms with E-state index in [4.69, 9.17) is 11.6 Å². The van der Waals surface area contributed by atoms with Gasteiger partial charge in [-0.2, -0.15) is 13.2 Å². The van der Waals surface area contributed by atoms with Crippen molar-refractivity contribution in [2.45, 2.75) is 13.1 Å². The lowest BCUT2D eigenvalue weighted by Crippen LogP contribution is -2.06. The van der Waals surface area contributed by atoms with Crippen LogP contribution in [0.1, 0.15) is 11.1 Å². The maximum atomic E-state index is 12.3. The van der Waals surface area contributed by atoms with Crippen molar-refractivity contribution in [3.05, 3.63) is 32.8 Å². The molecule has 5 heteroatoms. The summed E-state index contributed by atoms with van der Waals surface area (Å²) >= 11 is 8.44. The predicted molar refractivity (Wildman–Crippen MR) is 48.9 cm³/mol. The van der Waals surface area contributed by atoms with E-state index in [0.29, 0.717) is 5.56 Å². The lowest BCUT2D eigenvalue weighted by molar-refractivity contribution is -0.137. The van der Waals surface area contributed by atoms with Gasteiger partial charge in [0.25, 0.3) is 0 Å². The van der Waals surface area contributed by atoms with Gasteiger partial charge in [-0.3, -0.25) is 0 Å². The third-order valence-electron chi connectivity index (χ3n) is 1.48. The Morgan fingerprint density at radius 1 is 1.31 bits per heavy atom. The molecule has 0 atom stereocenters. The van der Waals surface area contributed by atoms with Gasteiger partial charge in [-0.15, -0.1) is 0 Å². The van der Waals surface area contributed by atoms with E-state index in [2.05, 4.69) is 15.9 Å². The van der Waals surface area contributed by atoms with Gasteiger partial charge in [0.1, 0.15) is 0 Å². The number of halogens is 5. The summed E-state index contributed by atoms with van der Waals surface area (Å²) in [4.78, 5) is 0. The average molecular weight is 273 g/mol. The van der Waals surface area contributed by atoms with Crippen LogP contribution in [0, 0.1) is 6.92 Å². The molecule has 0 amide bonds. The van der Waals surface area contributed by atoms with Gasteiger partial charge in [0, 0.05) is 4.47 Å². The Bertz CT molecular complexity index is 333. The van der Waals surface area contributed by atoms with Gasteiger partial charge in [0.05, 0.1) is 10.6 Å². The molecule has 0 aliphatic rings. The maximum absolute atomic E-state index is 12.3. The Morgan fingerprint density at radius 2 is 1.85 bits per heavy atom. The fourth-order valence-electron chi connectivity index (χ4n) is 0.931. The van der Waals surface area contributed by atoms with Crippen molar-refractivity contribution in [3.63, 3.8) is 0 Å². The molecule has 0 radical (unpaired) electrons. The summed E-state index contributed by atoms with van der Waals surface area (Å²) < 4.78 is 37.2. The summed E-state index contributed by atoms with van der Waals surface area (Å²) in [6, 6.07) is 2.56. The molecule has 1 aromatic carbocycles. The minimum absolute atomic E-state index is 0.265. The Kier molecular flexibility index (Phi) is 2.92. The quantitative estimate of drug-likeness (QED) is 0.656. The molecule has 72 valence electrons. The molecule has 0 fully saturated rings. The zero-order valence-corrected chi connectivity index (χ0v) is 8.89. The zero-order chi connectivity index (χ0) is 10.2. The van der Waals surface area contributed by atoms with Crippen molar-refractivity contribution in [3.8, 4) is 0 Å². The molecule has 1 rings (SSSR count). The van der Waals surface area contributed by atoms with Crippen LogP contribution in [0.5, 0.6) is 0 Å². The summed E-state index contributed by atoms with van der Waals surface area (Å²) in [6.45, 7) is 1.58. The number of hydrogen-bond acceptors (Lipinski definition) is 0. The van der Waals surface area contributed by atoms with Gasteiger partial charge in [-0.25, -0.2) is 0 Å². The predicted octanol–water partition coefficient (Wildman–Crippen LogP) is 4.43. The molecular weight excluding hydrogens is 268 g/mol. The summed E-state index contributed by atoms with van der Waals surface area (Å²) in [7, 11) is 0. The second-order valence-corrected chi connectivity index (χ2v) is 3.84. The Balaban J connectivity index is 3.37. The van der Waals surface area contributed by atoms with Crippen molar-refractivity contribution in [2.75, 3.05) is 0 Å². The van der Waals surface area contributed by atoms with Crippen molar-refractivity contribution < 1.29 is 13.2 Å². The normalized spacial score (nSPS) is 11.8. The Labute approximate surface area is 86.8 Å². The number of alkyl halides is 3. The second-order valence-electron chi connectivity index (χ2n) is 2.61. The first-order valence-corrected chi connectivity index (χ1v) is 4.52. The van der Waals surface area contributed by atoms with Crippen LogP contribution >= 0.6 is 27.5 Å². The van der Waals surface area contributed by atoms with Gasteiger partial charge < -0.3 is 0 Å². The minimum Gasteiger partial charge on any atom is -0.166 e. The van der Waals surface area contributed by atoms with Crippen LogP contribution in [0.25, 0.3) is 0 Å². The lowest BCUT2D eigenvalue weighted by atomic mass is 10.1. The zero-order valence-electron chi connectivity index (χ0n) is 6.54. The first-order chi connectivity index (χ1) is 5.82. The van der Waals surface area contributed by atoms with Gasteiger partial charge in [-0.05, 0) is 40.5 Å². The third kappa shape index (κ3) is 2.38. The molecule has 13 heavy (non-hydrogen) atoms. The average Bonchev–Trinajstić information content (AvgIpc) is 1.94. The maximum Gasteiger partial charge on any atom is 0.417 e. The number of aryl methyl sites for hydroxylation is 1. The molecule has 0 spiro atoms. The Hall–Kier alpha value is -0.220. The van der Waals surface area contributed by atoms with Crippen molar-refractivity contribution in [2.24, 2.45) is 0 Å². The molecule has 0 saturated carbocycles.